The number of halogens is 1. The van der Waals surface area contributed by atoms with Crippen LogP contribution in [-0.2, 0) is 19.1 Å². The standard InChI is InChI=1S/C27H51FO5/c1-2-3-4-5-6-7-8-9-10-11-12-14-17-20-26(30)32-24-25(23-29)33-27(31)21-18-15-13-16-19-22-28/h25,29H,2-24H2,1H3/t25-/m0/s1/i28-1. The maximum atomic E-state index is 12.0. The van der Waals surface area contributed by atoms with Crippen molar-refractivity contribution in [3.05, 3.63) is 0 Å². The zero-order valence-electron chi connectivity index (χ0n) is 21.3. The van der Waals surface area contributed by atoms with E-state index in [0.717, 1.165) is 38.5 Å². The lowest BCUT2D eigenvalue weighted by molar-refractivity contribution is -0.161. The van der Waals surface area contributed by atoms with Gasteiger partial charge in [0.15, 0.2) is 6.10 Å². The second-order valence-corrected chi connectivity index (χ2v) is 9.18. The van der Waals surface area contributed by atoms with Gasteiger partial charge >= 0.3 is 11.9 Å². The van der Waals surface area contributed by atoms with Crippen molar-refractivity contribution in [1.82, 2.24) is 0 Å². The van der Waals surface area contributed by atoms with Gasteiger partial charge in [0, 0.05) is 12.8 Å². The zero-order valence-corrected chi connectivity index (χ0v) is 21.3. The normalized spacial score (nSPS) is 12.0. The quantitative estimate of drug-likeness (QED) is 0.112. The molecule has 0 spiro atoms. The number of ether oxygens (including phenoxy) is 2. The lowest BCUT2D eigenvalue weighted by Crippen LogP contribution is -2.28. The van der Waals surface area contributed by atoms with Gasteiger partial charge in [0.05, 0.1) is 13.3 Å². The van der Waals surface area contributed by atoms with Crippen molar-refractivity contribution in [1.29, 1.82) is 0 Å². The molecule has 196 valence electrons. The van der Waals surface area contributed by atoms with E-state index in [2.05, 4.69) is 6.92 Å². The number of aliphatic hydroxyl groups excluding tert-OH is 1. The fraction of sp³-hybridized carbons (Fsp3) is 0.926. The third kappa shape index (κ3) is 23.8. The largest absolute Gasteiger partial charge is 0.462 e. The van der Waals surface area contributed by atoms with Crippen LogP contribution in [0.15, 0.2) is 0 Å². The summed E-state index contributed by atoms with van der Waals surface area (Å²) < 4.78 is 22.3. The number of aliphatic hydroxyl groups is 1. The Labute approximate surface area is 202 Å². The molecule has 0 aromatic carbocycles. The molecule has 0 aromatic rings. The predicted molar refractivity (Wildman–Crippen MR) is 132 cm³/mol. The lowest BCUT2D eigenvalue weighted by Gasteiger charge is -2.15. The molecule has 0 bridgehead atoms. The fourth-order valence-electron chi connectivity index (χ4n) is 3.81. The Morgan fingerprint density at radius 1 is 0.667 bits per heavy atom. The number of rotatable bonds is 25. The van der Waals surface area contributed by atoms with Crippen molar-refractivity contribution in [2.45, 2.75) is 141 Å². The first-order valence-electron chi connectivity index (χ1n) is 13.7. The van der Waals surface area contributed by atoms with Crippen molar-refractivity contribution >= 4 is 11.9 Å². The van der Waals surface area contributed by atoms with Crippen molar-refractivity contribution in [3.63, 3.8) is 0 Å². The molecule has 0 amide bonds. The number of hydrogen-bond acceptors (Lipinski definition) is 5. The van der Waals surface area contributed by atoms with Gasteiger partial charge in [-0.2, -0.15) is 0 Å². The first-order chi connectivity index (χ1) is 16.1. The maximum absolute atomic E-state index is 12.0. The summed E-state index contributed by atoms with van der Waals surface area (Å²) in [5, 5.41) is 9.35. The predicted octanol–water partition coefficient (Wildman–Crippen LogP) is 7.23. The fourth-order valence-corrected chi connectivity index (χ4v) is 3.81. The summed E-state index contributed by atoms with van der Waals surface area (Å²) >= 11 is 0. The average molecular weight is 474 g/mol. The first kappa shape index (κ1) is 31.8. The van der Waals surface area contributed by atoms with E-state index >= 15 is 0 Å². The Kier molecular flexibility index (Phi) is 24.6. The highest BCUT2D eigenvalue weighted by Gasteiger charge is 2.16. The van der Waals surface area contributed by atoms with Gasteiger partial charge < -0.3 is 14.6 Å². The third-order valence-electron chi connectivity index (χ3n) is 5.93. The minimum absolute atomic E-state index is 0.101. The van der Waals surface area contributed by atoms with Crippen LogP contribution in [0.3, 0.4) is 0 Å². The molecule has 5 nitrogen and oxygen atoms in total. The minimum Gasteiger partial charge on any atom is -0.462 e. The van der Waals surface area contributed by atoms with Crippen molar-refractivity contribution in [2.75, 3.05) is 19.9 Å². The molecule has 0 unspecified atom stereocenters. The van der Waals surface area contributed by atoms with E-state index in [-0.39, 0.29) is 32.3 Å². The molecule has 0 saturated heterocycles. The highest BCUT2D eigenvalue weighted by molar-refractivity contribution is 5.70. The van der Waals surface area contributed by atoms with Crippen LogP contribution < -0.4 is 0 Å². The number of hydrogen-bond donors (Lipinski definition) is 1. The van der Waals surface area contributed by atoms with Gasteiger partial charge in [-0.1, -0.05) is 103 Å². The van der Waals surface area contributed by atoms with Gasteiger partial charge in [0.1, 0.15) is 6.61 Å². The van der Waals surface area contributed by atoms with E-state index in [4.69, 9.17) is 9.47 Å². The number of alkyl halides is 1. The van der Waals surface area contributed by atoms with Crippen LogP contribution in [0.5, 0.6) is 0 Å². The third-order valence-corrected chi connectivity index (χ3v) is 5.93. The molecule has 0 rings (SSSR count). The zero-order chi connectivity index (χ0) is 24.4. The van der Waals surface area contributed by atoms with Crippen LogP contribution in [0.4, 0.5) is 4.39 Å². The Bertz CT molecular complexity index is 444. The maximum Gasteiger partial charge on any atom is 0.306 e. The van der Waals surface area contributed by atoms with Crippen molar-refractivity contribution in [2.24, 2.45) is 0 Å². The van der Waals surface area contributed by atoms with Gasteiger partial charge in [0.2, 0.25) is 0 Å². The number of carbonyl (C=O) groups is 2. The summed E-state index contributed by atoms with van der Waals surface area (Å²) in [6.07, 6.45) is 20.0. The number of carbonyl (C=O) groups excluding carboxylic acids is 2. The van der Waals surface area contributed by atoms with Crippen LogP contribution in [0.25, 0.3) is 0 Å². The SMILES string of the molecule is CCCCCCCCCCCCCCCC(=O)OC[C@H](CO)OC(=O)CCCCCCC[18F]. The molecule has 0 heterocycles. The molecule has 0 aromatic heterocycles. The monoisotopic (exact) mass is 473 g/mol. The minimum atomic E-state index is -0.806. The van der Waals surface area contributed by atoms with Crippen LogP contribution in [0.1, 0.15) is 135 Å². The molecule has 0 aliphatic rings. The molecule has 33 heavy (non-hydrogen) atoms. The van der Waals surface area contributed by atoms with E-state index in [1.807, 2.05) is 0 Å². The second-order valence-electron chi connectivity index (χ2n) is 9.18. The highest BCUT2D eigenvalue weighted by atomic mass is 18.2. The first-order valence-corrected chi connectivity index (χ1v) is 13.7. The number of unbranched alkanes of at least 4 members (excludes halogenated alkanes) is 16. The molecule has 0 radical (unpaired) electrons. The summed E-state index contributed by atoms with van der Waals surface area (Å²) in [6.45, 7) is 1.49. The van der Waals surface area contributed by atoms with E-state index in [1.165, 1.54) is 64.2 Å². The summed E-state index contributed by atoms with van der Waals surface area (Å²) in [5.74, 6) is -0.701. The molecule has 0 aliphatic carbocycles. The van der Waals surface area contributed by atoms with Gasteiger partial charge in [-0.15, -0.1) is 0 Å². The summed E-state index contributed by atoms with van der Waals surface area (Å²) in [5.41, 5.74) is 0. The smallest absolute Gasteiger partial charge is 0.306 e. The van der Waals surface area contributed by atoms with E-state index in [1.54, 1.807) is 0 Å². The van der Waals surface area contributed by atoms with Crippen LogP contribution in [0.2, 0.25) is 0 Å². The van der Waals surface area contributed by atoms with Crippen molar-refractivity contribution < 1.29 is 28.6 Å². The Morgan fingerprint density at radius 2 is 1.09 bits per heavy atom. The van der Waals surface area contributed by atoms with E-state index in [0.29, 0.717) is 19.3 Å². The molecule has 1 atom stereocenters. The van der Waals surface area contributed by atoms with E-state index in [9.17, 15) is 19.1 Å². The summed E-state index contributed by atoms with van der Waals surface area (Å²) in [6, 6.07) is 0. The van der Waals surface area contributed by atoms with Crippen LogP contribution in [-0.4, -0.2) is 43.0 Å². The van der Waals surface area contributed by atoms with Gasteiger partial charge in [-0.3, -0.25) is 14.0 Å². The van der Waals surface area contributed by atoms with Crippen molar-refractivity contribution in [3.8, 4) is 0 Å². The highest BCUT2D eigenvalue weighted by Crippen LogP contribution is 2.13. The van der Waals surface area contributed by atoms with Gasteiger partial charge in [-0.05, 0) is 19.3 Å². The molecule has 0 aliphatic heterocycles. The van der Waals surface area contributed by atoms with E-state index < -0.39 is 12.1 Å². The summed E-state index contributed by atoms with van der Waals surface area (Å²) in [4.78, 5) is 23.7. The molecule has 6 heteroatoms. The van der Waals surface area contributed by atoms with Crippen LogP contribution in [0, 0.1) is 0 Å². The molecule has 0 fully saturated rings. The Balaban J connectivity index is 3.54. The van der Waals surface area contributed by atoms with Gasteiger partial charge in [0.25, 0.3) is 0 Å². The topological polar surface area (TPSA) is 72.8 Å². The van der Waals surface area contributed by atoms with Gasteiger partial charge in [-0.25, -0.2) is 0 Å². The Morgan fingerprint density at radius 3 is 1.55 bits per heavy atom. The number of esters is 2. The summed E-state index contributed by atoms with van der Waals surface area (Å²) in [7, 11) is 0. The van der Waals surface area contributed by atoms with Crippen LogP contribution >= 0.6 is 0 Å². The molecular weight excluding hydrogens is 422 g/mol. The molecule has 0 saturated carbocycles. The lowest BCUT2D eigenvalue weighted by atomic mass is 10.0. The molecular formula is C27H51FO5. The average Bonchev–Trinajstić information content (AvgIpc) is 2.81. The second kappa shape index (κ2) is 25.5. The molecule has 1 N–H and O–H groups in total. The Hall–Kier alpha value is -1.17.